The molecular weight excluding hydrogens is 232 g/mol. The van der Waals surface area contributed by atoms with E-state index >= 15 is 0 Å². The predicted octanol–water partition coefficient (Wildman–Crippen LogP) is 3.07. The Kier molecular flexibility index (Phi) is 4.08. The van der Waals surface area contributed by atoms with Crippen molar-refractivity contribution in [2.45, 2.75) is 31.8 Å². The van der Waals surface area contributed by atoms with Crippen LogP contribution in [0.5, 0.6) is 0 Å². The van der Waals surface area contributed by atoms with E-state index in [1.807, 2.05) is 18.2 Å². The van der Waals surface area contributed by atoms with Gasteiger partial charge >= 0.3 is 0 Å². The summed E-state index contributed by atoms with van der Waals surface area (Å²) < 4.78 is 0. The molecule has 2 nitrogen and oxygen atoms in total. The van der Waals surface area contributed by atoms with Gasteiger partial charge in [0.05, 0.1) is 0 Å². The smallest absolute Gasteiger partial charge is 0.0494 e. The number of likely N-dealkylation sites (N-methyl/N-ethyl adjacent to an activating group) is 1. The molecule has 0 aromatic heterocycles. The van der Waals surface area contributed by atoms with Crippen LogP contribution in [0.1, 0.15) is 31.4 Å². The summed E-state index contributed by atoms with van der Waals surface area (Å²) in [5.74, 6) is 0.875. The predicted molar refractivity (Wildman–Crippen MR) is 73.2 cm³/mol. The van der Waals surface area contributed by atoms with Crippen molar-refractivity contribution in [3.63, 3.8) is 0 Å². The third-order valence-corrected chi connectivity index (χ3v) is 3.64. The van der Waals surface area contributed by atoms with E-state index in [0.717, 1.165) is 17.5 Å². The van der Waals surface area contributed by atoms with E-state index in [1.165, 1.54) is 18.4 Å². The van der Waals surface area contributed by atoms with Gasteiger partial charge in [0.15, 0.2) is 0 Å². The molecule has 1 aliphatic rings. The maximum atomic E-state index is 6.13. The molecule has 2 rings (SSSR count). The number of nitrogens with two attached hydrogens (primary N) is 1. The van der Waals surface area contributed by atoms with Crippen molar-refractivity contribution in [3.05, 3.63) is 34.9 Å². The molecule has 2 atom stereocenters. The zero-order chi connectivity index (χ0) is 12.4. The molecule has 94 valence electrons. The molecule has 0 radical (unpaired) electrons. The molecule has 2 N–H and O–H groups in total. The van der Waals surface area contributed by atoms with Crippen LogP contribution in [0.2, 0.25) is 5.02 Å². The summed E-state index contributed by atoms with van der Waals surface area (Å²) in [7, 11) is 2.16. The second-order valence-corrected chi connectivity index (χ2v) is 5.68. The summed E-state index contributed by atoms with van der Waals surface area (Å²) in [5, 5.41) is 0.785. The first kappa shape index (κ1) is 12.9. The van der Waals surface area contributed by atoms with Crippen LogP contribution in [0.15, 0.2) is 24.3 Å². The van der Waals surface area contributed by atoms with Gasteiger partial charge in [0.25, 0.3) is 0 Å². The first-order valence-corrected chi connectivity index (χ1v) is 6.67. The molecule has 0 bridgehead atoms. The lowest BCUT2D eigenvalue weighted by molar-refractivity contribution is 0.211. The SMILES string of the molecule is CC(N)C(c1cccc(Cl)c1)N(C)CC1CC1. The van der Waals surface area contributed by atoms with Crippen molar-refractivity contribution in [1.82, 2.24) is 4.90 Å². The van der Waals surface area contributed by atoms with Crippen molar-refractivity contribution in [1.29, 1.82) is 0 Å². The lowest BCUT2D eigenvalue weighted by atomic mass is 9.99. The van der Waals surface area contributed by atoms with E-state index in [0.29, 0.717) is 0 Å². The summed E-state index contributed by atoms with van der Waals surface area (Å²) in [4.78, 5) is 2.37. The zero-order valence-corrected chi connectivity index (χ0v) is 11.3. The van der Waals surface area contributed by atoms with Crippen molar-refractivity contribution < 1.29 is 0 Å². The van der Waals surface area contributed by atoms with Gasteiger partial charge < -0.3 is 5.73 Å². The molecular formula is C14H21ClN2. The minimum atomic E-state index is 0.109. The molecule has 1 aromatic rings. The Balaban J connectivity index is 2.15. The van der Waals surface area contributed by atoms with Crippen molar-refractivity contribution in [2.75, 3.05) is 13.6 Å². The van der Waals surface area contributed by atoms with Gasteiger partial charge in [-0.25, -0.2) is 0 Å². The number of benzene rings is 1. The normalized spacial score (nSPS) is 19.4. The maximum Gasteiger partial charge on any atom is 0.0494 e. The molecule has 0 spiro atoms. The van der Waals surface area contributed by atoms with Gasteiger partial charge in [0.2, 0.25) is 0 Å². The molecule has 2 unspecified atom stereocenters. The van der Waals surface area contributed by atoms with Gasteiger partial charge in [-0.05, 0) is 50.4 Å². The molecule has 0 saturated heterocycles. The fraction of sp³-hybridized carbons (Fsp3) is 0.571. The van der Waals surface area contributed by atoms with Crippen molar-refractivity contribution in [2.24, 2.45) is 11.7 Å². The van der Waals surface area contributed by atoms with Gasteiger partial charge in [-0.2, -0.15) is 0 Å². The van der Waals surface area contributed by atoms with Gasteiger partial charge in [-0.1, -0.05) is 23.7 Å². The Bertz CT molecular complexity index is 374. The highest BCUT2D eigenvalue weighted by Crippen LogP contribution is 2.33. The van der Waals surface area contributed by atoms with Crippen LogP contribution in [0.4, 0.5) is 0 Å². The number of halogens is 1. The van der Waals surface area contributed by atoms with E-state index in [2.05, 4.69) is 24.9 Å². The lowest BCUT2D eigenvalue weighted by Gasteiger charge is -2.31. The highest BCUT2D eigenvalue weighted by atomic mass is 35.5. The summed E-state index contributed by atoms with van der Waals surface area (Å²) in [6, 6.07) is 8.41. The standard InChI is InChI=1S/C14H21ClN2/c1-10(16)14(17(2)9-11-6-7-11)12-4-3-5-13(15)8-12/h3-5,8,10-11,14H,6-7,9,16H2,1-2H3. The third-order valence-electron chi connectivity index (χ3n) is 3.41. The average Bonchev–Trinajstić information content (AvgIpc) is 3.01. The second kappa shape index (κ2) is 5.38. The molecule has 0 heterocycles. The van der Waals surface area contributed by atoms with E-state index in [1.54, 1.807) is 0 Å². The fourth-order valence-corrected chi connectivity index (χ4v) is 2.67. The summed E-state index contributed by atoms with van der Waals surface area (Å²) >= 11 is 6.06. The molecule has 1 fully saturated rings. The van der Waals surface area contributed by atoms with Gasteiger partial charge in [0.1, 0.15) is 0 Å². The molecule has 1 aromatic carbocycles. The summed E-state index contributed by atoms with van der Waals surface area (Å²) in [6.45, 7) is 3.20. The van der Waals surface area contributed by atoms with Gasteiger partial charge in [0, 0.05) is 23.7 Å². The minimum Gasteiger partial charge on any atom is -0.326 e. The minimum absolute atomic E-state index is 0.109. The van der Waals surface area contributed by atoms with Gasteiger partial charge in [-0.3, -0.25) is 4.90 Å². The fourth-order valence-electron chi connectivity index (χ4n) is 2.47. The topological polar surface area (TPSA) is 29.3 Å². The molecule has 3 heteroatoms. The summed E-state index contributed by atoms with van der Waals surface area (Å²) in [5.41, 5.74) is 7.35. The Morgan fingerprint density at radius 3 is 2.71 bits per heavy atom. The Morgan fingerprint density at radius 1 is 1.47 bits per heavy atom. The average molecular weight is 253 g/mol. The van der Waals surface area contributed by atoms with Crippen LogP contribution in [0.25, 0.3) is 0 Å². The molecule has 0 amide bonds. The van der Waals surface area contributed by atoms with E-state index in [4.69, 9.17) is 17.3 Å². The molecule has 1 saturated carbocycles. The molecule has 1 aliphatic carbocycles. The van der Waals surface area contributed by atoms with Crippen LogP contribution < -0.4 is 5.73 Å². The maximum absolute atomic E-state index is 6.13. The highest BCUT2D eigenvalue weighted by molar-refractivity contribution is 6.30. The van der Waals surface area contributed by atoms with Gasteiger partial charge in [-0.15, -0.1) is 0 Å². The number of nitrogens with zero attached hydrogens (tertiary/aromatic N) is 1. The van der Waals surface area contributed by atoms with Crippen LogP contribution in [0.3, 0.4) is 0 Å². The number of hydrogen-bond acceptors (Lipinski definition) is 2. The first-order valence-electron chi connectivity index (χ1n) is 6.29. The molecule has 17 heavy (non-hydrogen) atoms. The van der Waals surface area contributed by atoms with E-state index < -0.39 is 0 Å². The first-order chi connectivity index (χ1) is 8.08. The van der Waals surface area contributed by atoms with Crippen LogP contribution >= 0.6 is 11.6 Å². The lowest BCUT2D eigenvalue weighted by Crippen LogP contribution is -2.38. The second-order valence-electron chi connectivity index (χ2n) is 5.24. The van der Waals surface area contributed by atoms with Crippen LogP contribution in [-0.2, 0) is 0 Å². The van der Waals surface area contributed by atoms with E-state index in [9.17, 15) is 0 Å². The Hall–Kier alpha value is -0.570. The van der Waals surface area contributed by atoms with Crippen LogP contribution in [0, 0.1) is 5.92 Å². The highest BCUT2D eigenvalue weighted by Gasteiger charge is 2.28. The molecule has 0 aliphatic heterocycles. The summed E-state index contributed by atoms with van der Waals surface area (Å²) in [6.07, 6.45) is 2.73. The number of hydrogen-bond donors (Lipinski definition) is 1. The monoisotopic (exact) mass is 252 g/mol. The van der Waals surface area contributed by atoms with Crippen molar-refractivity contribution in [3.8, 4) is 0 Å². The van der Waals surface area contributed by atoms with Crippen molar-refractivity contribution >= 4 is 11.6 Å². The largest absolute Gasteiger partial charge is 0.326 e. The number of rotatable bonds is 5. The third kappa shape index (κ3) is 3.44. The van der Waals surface area contributed by atoms with Crippen LogP contribution in [-0.4, -0.2) is 24.5 Å². The van der Waals surface area contributed by atoms with E-state index in [-0.39, 0.29) is 12.1 Å². The Labute approximate surface area is 109 Å². The zero-order valence-electron chi connectivity index (χ0n) is 10.6. The quantitative estimate of drug-likeness (QED) is 0.873. The Morgan fingerprint density at radius 2 is 2.18 bits per heavy atom.